The number of halogens is 3. The quantitative estimate of drug-likeness (QED) is 0.629. The summed E-state index contributed by atoms with van der Waals surface area (Å²) in [6.07, 6.45) is 1.50. The van der Waals surface area contributed by atoms with Gasteiger partial charge in [-0.25, -0.2) is 18.2 Å². The van der Waals surface area contributed by atoms with E-state index >= 15 is 0 Å². The van der Waals surface area contributed by atoms with Gasteiger partial charge in [-0.05, 0) is 26.8 Å². The van der Waals surface area contributed by atoms with E-state index in [0.717, 1.165) is 15.6 Å². The maximum Gasteiger partial charge on any atom is 0.199 e. The van der Waals surface area contributed by atoms with Crippen molar-refractivity contribution in [3.63, 3.8) is 0 Å². The number of rotatable bonds is 4. The first kappa shape index (κ1) is 18.1. The van der Waals surface area contributed by atoms with E-state index in [1.165, 1.54) is 17.4 Å². The highest BCUT2D eigenvalue weighted by molar-refractivity contribution is 7.15. The zero-order valence-corrected chi connectivity index (χ0v) is 15.3. The van der Waals surface area contributed by atoms with Crippen molar-refractivity contribution in [1.82, 2.24) is 19.7 Å². The first-order valence-electron chi connectivity index (χ1n) is 7.64. The zero-order chi connectivity index (χ0) is 19.0. The summed E-state index contributed by atoms with van der Waals surface area (Å²) in [6, 6.07) is 1.11. The molecule has 0 spiro atoms. The molecule has 2 heterocycles. The van der Waals surface area contributed by atoms with Gasteiger partial charge < -0.3 is 9.30 Å². The zero-order valence-electron chi connectivity index (χ0n) is 14.5. The van der Waals surface area contributed by atoms with Crippen molar-refractivity contribution in [1.29, 1.82) is 0 Å². The molecule has 0 fully saturated rings. The summed E-state index contributed by atoms with van der Waals surface area (Å²) in [6.45, 7) is 5.38. The van der Waals surface area contributed by atoms with Crippen LogP contribution in [0.3, 0.4) is 0 Å². The van der Waals surface area contributed by atoms with Gasteiger partial charge in [0, 0.05) is 19.2 Å². The first-order chi connectivity index (χ1) is 12.3. The maximum absolute atomic E-state index is 13.9. The number of benzene rings is 1. The van der Waals surface area contributed by atoms with E-state index in [2.05, 4.69) is 15.2 Å². The average Bonchev–Trinajstić information content (AvgIpc) is 3.09. The molecule has 0 aliphatic heterocycles. The molecule has 0 aliphatic rings. The summed E-state index contributed by atoms with van der Waals surface area (Å²) >= 11 is 1.47. The minimum atomic E-state index is -1.14. The van der Waals surface area contributed by atoms with Crippen LogP contribution in [0.25, 0.3) is 16.5 Å². The predicted molar refractivity (Wildman–Crippen MR) is 92.2 cm³/mol. The van der Waals surface area contributed by atoms with E-state index in [9.17, 15) is 13.2 Å². The van der Waals surface area contributed by atoms with Crippen molar-refractivity contribution in [2.75, 3.05) is 0 Å². The van der Waals surface area contributed by atoms with Gasteiger partial charge in [-0.15, -0.1) is 21.5 Å². The van der Waals surface area contributed by atoms with Gasteiger partial charge in [-0.1, -0.05) is 0 Å². The van der Waals surface area contributed by atoms with Gasteiger partial charge in [-0.3, -0.25) is 0 Å². The first-order valence-corrected chi connectivity index (χ1v) is 8.46. The van der Waals surface area contributed by atoms with Crippen molar-refractivity contribution >= 4 is 17.1 Å². The third-order valence-electron chi connectivity index (χ3n) is 3.64. The predicted octanol–water partition coefficient (Wildman–Crippen LogP) is 4.41. The molecule has 1 aromatic carbocycles. The van der Waals surface area contributed by atoms with E-state index in [4.69, 9.17) is 4.74 Å². The minimum absolute atomic E-state index is 0.0922. The van der Waals surface area contributed by atoms with Gasteiger partial charge in [0.1, 0.15) is 5.82 Å². The standard InChI is InChI=1S/C17H15F3N4OS/c1-5-13(25-14-11(19)6-10(18)7-12(14)20)16-22-23-17(24(16)4)15-8(2)21-9(3)26-15/h5-7H,1-4H3/b13-5-. The van der Waals surface area contributed by atoms with Gasteiger partial charge in [0.15, 0.2) is 34.8 Å². The Labute approximate surface area is 151 Å². The lowest BCUT2D eigenvalue weighted by molar-refractivity contribution is 0.415. The summed E-state index contributed by atoms with van der Waals surface area (Å²) in [5.74, 6) is -3.08. The lowest BCUT2D eigenvalue weighted by Crippen LogP contribution is -2.06. The third kappa shape index (κ3) is 3.22. The fourth-order valence-electron chi connectivity index (χ4n) is 2.45. The van der Waals surface area contributed by atoms with E-state index in [1.54, 1.807) is 18.5 Å². The summed E-state index contributed by atoms with van der Waals surface area (Å²) < 4.78 is 47.8. The summed E-state index contributed by atoms with van der Waals surface area (Å²) in [7, 11) is 1.71. The molecule has 3 rings (SSSR count). The van der Waals surface area contributed by atoms with Crippen LogP contribution in [0.2, 0.25) is 0 Å². The number of thiazole rings is 1. The van der Waals surface area contributed by atoms with E-state index in [1.807, 2.05) is 13.8 Å². The second-order valence-electron chi connectivity index (χ2n) is 5.51. The number of allylic oxidation sites excluding steroid dienone is 1. The number of hydrogen-bond donors (Lipinski definition) is 0. The highest BCUT2D eigenvalue weighted by atomic mass is 32.1. The van der Waals surface area contributed by atoms with Crippen molar-refractivity contribution < 1.29 is 17.9 Å². The molecule has 0 aliphatic carbocycles. The largest absolute Gasteiger partial charge is 0.448 e. The molecule has 26 heavy (non-hydrogen) atoms. The number of hydrogen-bond acceptors (Lipinski definition) is 5. The normalized spacial score (nSPS) is 11.9. The molecule has 5 nitrogen and oxygen atoms in total. The fourth-order valence-corrected chi connectivity index (χ4v) is 3.39. The average molecular weight is 380 g/mol. The Morgan fingerprint density at radius 1 is 1.15 bits per heavy atom. The molecule has 0 saturated carbocycles. The molecule has 0 bridgehead atoms. The van der Waals surface area contributed by atoms with Crippen molar-refractivity contribution in [3.8, 4) is 16.5 Å². The number of nitrogens with zero attached hydrogens (tertiary/aromatic N) is 4. The molecule has 3 aromatic rings. The summed E-state index contributed by atoms with van der Waals surface area (Å²) in [4.78, 5) is 5.20. The Hall–Kier alpha value is -2.68. The smallest absolute Gasteiger partial charge is 0.199 e. The van der Waals surface area contributed by atoms with Crippen LogP contribution in [-0.2, 0) is 7.05 Å². The lowest BCUT2D eigenvalue weighted by Gasteiger charge is -2.11. The second kappa shape index (κ2) is 6.91. The minimum Gasteiger partial charge on any atom is -0.448 e. The molecular formula is C17H15F3N4OS. The monoisotopic (exact) mass is 380 g/mol. The van der Waals surface area contributed by atoms with Crippen LogP contribution in [0, 0.1) is 31.3 Å². The fraction of sp³-hybridized carbons (Fsp3) is 0.235. The lowest BCUT2D eigenvalue weighted by atomic mass is 10.3. The number of ether oxygens (including phenoxy) is 1. The molecule has 9 heteroatoms. The molecule has 0 N–H and O–H groups in total. The van der Waals surface area contributed by atoms with Crippen molar-refractivity contribution in [3.05, 3.63) is 52.2 Å². The molecule has 136 valence electrons. The molecule has 0 atom stereocenters. The Kier molecular flexibility index (Phi) is 4.82. The third-order valence-corrected chi connectivity index (χ3v) is 4.71. The van der Waals surface area contributed by atoms with Crippen LogP contribution in [-0.4, -0.2) is 19.7 Å². The highest BCUT2D eigenvalue weighted by Crippen LogP contribution is 2.31. The highest BCUT2D eigenvalue weighted by Gasteiger charge is 2.21. The molecule has 0 amide bonds. The van der Waals surface area contributed by atoms with Gasteiger partial charge >= 0.3 is 0 Å². The molecular weight excluding hydrogens is 365 g/mol. The van der Waals surface area contributed by atoms with Crippen LogP contribution in [0.1, 0.15) is 23.4 Å². The molecule has 0 radical (unpaired) electrons. The van der Waals surface area contributed by atoms with E-state index < -0.39 is 23.2 Å². The molecule has 0 unspecified atom stereocenters. The van der Waals surface area contributed by atoms with Gasteiger partial charge in [-0.2, -0.15) is 0 Å². The van der Waals surface area contributed by atoms with Crippen LogP contribution >= 0.6 is 11.3 Å². The van der Waals surface area contributed by atoms with Crippen LogP contribution < -0.4 is 4.74 Å². The Balaban J connectivity index is 2.00. The van der Waals surface area contributed by atoms with Crippen molar-refractivity contribution in [2.24, 2.45) is 7.05 Å². The van der Waals surface area contributed by atoms with Gasteiger partial charge in [0.25, 0.3) is 0 Å². The van der Waals surface area contributed by atoms with Gasteiger partial charge in [0.2, 0.25) is 0 Å². The molecule has 2 aromatic heterocycles. The van der Waals surface area contributed by atoms with Crippen molar-refractivity contribution in [2.45, 2.75) is 20.8 Å². The second-order valence-corrected chi connectivity index (χ2v) is 6.71. The van der Waals surface area contributed by atoms with E-state index in [-0.39, 0.29) is 11.6 Å². The molecule has 0 saturated heterocycles. The van der Waals surface area contributed by atoms with Crippen LogP contribution in [0.4, 0.5) is 13.2 Å². The SMILES string of the molecule is C/C=C(\Oc1c(F)cc(F)cc1F)c1nnc(-c2sc(C)nc2C)n1C. The Morgan fingerprint density at radius 3 is 2.35 bits per heavy atom. The topological polar surface area (TPSA) is 52.8 Å². The van der Waals surface area contributed by atoms with Crippen LogP contribution in [0.15, 0.2) is 18.2 Å². The van der Waals surface area contributed by atoms with Crippen LogP contribution in [0.5, 0.6) is 5.75 Å². The maximum atomic E-state index is 13.9. The number of aryl methyl sites for hydroxylation is 2. The number of aromatic nitrogens is 4. The Morgan fingerprint density at radius 2 is 1.81 bits per heavy atom. The van der Waals surface area contributed by atoms with E-state index in [0.29, 0.717) is 18.0 Å². The summed E-state index contributed by atoms with van der Waals surface area (Å²) in [5, 5.41) is 9.10. The van der Waals surface area contributed by atoms with Gasteiger partial charge in [0.05, 0.1) is 15.6 Å². The summed E-state index contributed by atoms with van der Waals surface area (Å²) in [5.41, 5.74) is 0.813. The Bertz CT molecular complexity index is 987.